The van der Waals surface area contributed by atoms with Gasteiger partial charge in [-0.15, -0.1) is 0 Å². The van der Waals surface area contributed by atoms with Gasteiger partial charge >= 0.3 is 18.3 Å². The first-order chi connectivity index (χ1) is 23.1. The molecule has 0 saturated heterocycles. The van der Waals surface area contributed by atoms with Crippen LogP contribution in [-0.2, 0) is 14.2 Å². The molecule has 3 amide bonds. The number of carbonyl (C=O) groups is 3. The fourth-order valence-electron chi connectivity index (χ4n) is 8.48. The molecule has 286 valence electrons. The molecule has 0 aliphatic heterocycles. The highest BCUT2D eigenvalue weighted by atomic mass is 32.2. The quantitative estimate of drug-likeness (QED) is 0.0522. The van der Waals surface area contributed by atoms with Gasteiger partial charge in [0.1, 0.15) is 19.8 Å². The minimum absolute atomic E-state index is 0.0128. The second-order valence-corrected chi connectivity index (χ2v) is 19.2. The monoisotopic (exact) mass is 730 g/mol. The molecule has 2 rings (SSSR count). The van der Waals surface area contributed by atoms with Crippen LogP contribution >= 0.6 is 23.5 Å². The SMILES string of the molecule is CCCSCCSCCOC(=O)NC1CC(C)(C)CC(C)(CNC(=O)OCCOC(=O)NNCCCCC2CC(C)(C)CC(C)(CC)C2)C1. The Bertz CT molecular complexity index is 1000. The van der Waals surface area contributed by atoms with E-state index in [9.17, 15) is 14.4 Å². The number of hydrogen-bond donors (Lipinski definition) is 4. The van der Waals surface area contributed by atoms with Gasteiger partial charge in [-0.3, -0.25) is 5.43 Å². The van der Waals surface area contributed by atoms with Crippen LogP contribution in [0.25, 0.3) is 0 Å². The van der Waals surface area contributed by atoms with Crippen LogP contribution in [0.1, 0.15) is 126 Å². The Morgan fingerprint density at radius 3 is 2.02 bits per heavy atom. The topological polar surface area (TPSA) is 127 Å². The average molecular weight is 731 g/mol. The molecule has 0 aromatic carbocycles. The largest absolute Gasteiger partial charge is 0.449 e. The van der Waals surface area contributed by atoms with Crippen molar-refractivity contribution in [3.8, 4) is 0 Å². The Hall–Kier alpha value is -1.53. The first kappa shape index (κ1) is 43.6. The lowest BCUT2D eigenvalue weighted by Crippen LogP contribution is -2.50. The normalized spacial score (nSPS) is 26.0. The van der Waals surface area contributed by atoms with E-state index < -0.39 is 12.2 Å². The van der Waals surface area contributed by atoms with Crippen LogP contribution in [0.5, 0.6) is 0 Å². The number of alkyl carbamates (subject to hydrolysis) is 2. The lowest BCUT2D eigenvalue weighted by Gasteiger charge is -2.46. The lowest BCUT2D eigenvalue weighted by atomic mass is 9.59. The number of rotatable bonds is 21. The van der Waals surface area contributed by atoms with E-state index in [1.54, 1.807) is 0 Å². The van der Waals surface area contributed by atoms with Crippen LogP contribution in [0.4, 0.5) is 14.4 Å². The fraction of sp³-hybridized carbons (Fsp3) is 0.919. The second kappa shape index (κ2) is 21.7. The van der Waals surface area contributed by atoms with E-state index in [1.807, 2.05) is 23.5 Å². The number of carbonyl (C=O) groups excluding carboxylic acids is 3. The maximum atomic E-state index is 12.5. The van der Waals surface area contributed by atoms with Gasteiger partial charge in [0.05, 0.1) is 0 Å². The first-order valence-corrected chi connectivity index (χ1v) is 21.0. The van der Waals surface area contributed by atoms with Gasteiger partial charge in [0, 0.05) is 36.4 Å². The zero-order chi connectivity index (χ0) is 36.4. The number of thioether (sulfide) groups is 2. The summed E-state index contributed by atoms with van der Waals surface area (Å²) in [6.45, 7) is 19.7. The number of nitrogens with one attached hydrogen (secondary N) is 4. The maximum Gasteiger partial charge on any atom is 0.421 e. The Balaban J connectivity index is 1.55. The lowest BCUT2D eigenvalue weighted by molar-refractivity contribution is 0.0466. The Morgan fingerprint density at radius 2 is 1.33 bits per heavy atom. The molecular weight excluding hydrogens is 661 g/mol. The number of unbranched alkanes of at least 4 members (excludes halogenated alkanes) is 1. The number of hydrogen-bond acceptors (Lipinski definition) is 9. The minimum atomic E-state index is -0.592. The molecule has 49 heavy (non-hydrogen) atoms. The van der Waals surface area contributed by atoms with Crippen LogP contribution < -0.4 is 21.5 Å². The molecule has 0 radical (unpaired) electrons. The third-order valence-corrected chi connectivity index (χ3v) is 12.3. The fourth-order valence-corrected chi connectivity index (χ4v) is 10.3. The minimum Gasteiger partial charge on any atom is -0.449 e. The molecule has 0 aromatic heterocycles. The zero-order valence-electron chi connectivity index (χ0n) is 32.1. The van der Waals surface area contributed by atoms with Crippen molar-refractivity contribution >= 4 is 41.8 Å². The molecule has 2 aliphatic rings. The average Bonchev–Trinajstić information content (AvgIpc) is 2.99. The molecule has 2 saturated carbocycles. The first-order valence-electron chi connectivity index (χ1n) is 18.7. The molecular formula is C37H70N4O6S2. The summed E-state index contributed by atoms with van der Waals surface area (Å²) in [6, 6.07) is -0.0425. The molecule has 0 bridgehead atoms. The van der Waals surface area contributed by atoms with Crippen molar-refractivity contribution in [3.05, 3.63) is 0 Å². The number of ether oxygens (including phenoxy) is 3. The maximum absolute atomic E-state index is 12.5. The summed E-state index contributed by atoms with van der Waals surface area (Å²) in [4.78, 5) is 36.9. The second-order valence-electron chi connectivity index (χ2n) is 16.7. The Kier molecular flexibility index (Phi) is 19.4. The molecule has 0 spiro atoms. The summed E-state index contributed by atoms with van der Waals surface area (Å²) in [7, 11) is 0. The third kappa shape index (κ3) is 19.0. The van der Waals surface area contributed by atoms with Crippen LogP contribution in [0.2, 0.25) is 0 Å². The van der Waals surface area contributed by atoms with Gasteiger partial charge in [0.15, 0.2) is 0 Å². The Morgan fingerprint density at radius 1 is 0.694 bits per heavy atom. The van der Waals surface area contributed by atoms with Crippen molar-refractivity contribution in [2.45, 2.75) is 132 Å². The molecule has 4 N–H and O–H groups in total. The van der Waals surface area contributed by atoms with Crippen molar-refractivity contribution in [2.24, 2.45) is 27.6 Å². The van der Waals surface area contributed by atoms with Gasteiger partial charge in [0.2, 0.25) is 0 Å². The summed E-state index contributed by atoms with van der Waals surface area (Å²) >= 11 is 3.77. The van der Waals surface area contributed by atoms with Gasteiger partial charge in [0.25, 0.3) is 0 Å². The van der Waals surface area contributed by atoms with Crippen molar-refractivity contribution in [3.63, 3.8) is 0 Å². The van der Waals surface area contributed by atoms with Crippen LogP contribution in [0, 0.1) is 27.6 Å². The molecule has 2 fully saturated rings. The predicted octanol–water partition coefficient (Wildman–Crippen LogP) is 8.54. The van der Waals surface area contributed by atoms with E-state index in [2.05, 4.69) is 76.9 Å². The molecule has 10 nitrogen and oxygen atoms in total. The third-order valence-electron chi connectivity index (χ3n) is 9.89. The Labute approximate surface area is 306 Å². The molecule has 12 heteroatoms. The van der Waals surface area contributed by atoms with Gasteiger partial charge in [-0.05, 0) is 84.7 Å². The van der Waals surface area contributed by atoms with Crippen molar-refractivity contribution in [1.29, 1.82) is 0 Å². The van der Waals surface area contributed by atoms with Gasteiger partial charge < -0.3 is 24.8 Å². The van der Waals surface area contributed by atoms with Crippen LogP contribution in [0.3, 0.4) is 0 Å². The van der Waals surface area contributed by atoms with Crippen molar-refractivity contribution in [2.75, 3.05) is 55.9 Å². The number of amides is 3. The number of hydrazine groups is 1. The van der Waals surface area contributed by atoms with E-state index >= 15 is 0 Å². The molecule has 0 heterocycles. The molecule has 0 aromatic rings. The van der Waals surface area contributed by atoms with E-state index in [0.29, 0.717) is 30.5 Å². The van der Waals surface area contributed by atoms with Crippen LogP contribution in [0.15, 0.2) is 0 Å². The molecule has 2 aliphatic carbocycles. The highest BCUT2D eigenvalue weighted by Gasteiger charge is 2.42. The smallest absolute Gasteiger partial charge is 0.421 e. The standard InChI is InChI=1S/C37H70N4O6S2/c1-9-18-48-20-21-49-19-17-47-32(43)40-30-24-35(5,6)27-37(8,25-30)28-38-31(42)45-15-16-46-33(44)41-39-14-12-11-13-29-22-34(3,4)26-36(7,10-2)23-29/h29-30,39H,9-28H2,1-8H3,(H,38,42)(H,40,43)(H,41,44). The van der Waals surface area contributed by atoms with E-state index in [0.717, 1.165) is 55.3 Å². The van der Waals surface area contributed by atoms with E-state index in [1.165, 1.54) is 44.3 Å². The van der Waals surface area contributed by atoms with Crippen LogP contribution in [-0.4, -0.2) is 80.2 Å². The predicted molar refractivity (Wildman–Crippen MR) is 204 cm³/mol. The van der Waals surface area contributed by atoms with Crippen molar-refractivity contribution < 1.29 is 28.6 Å². The van der Waals surface area contributed by atoms with Crippen molar-refractivity contribution in [1.82, 2.24) is 21.5 Å². The summed E-state index contributed by atoms with van der Waals surface area (Å²) in [5.41, 5.74) is 6.13. The van der Waals surface area contributed by atoms with Gasteiger partial charge in [-0.1, -0.05) is 74.7 Å². The summed E-state index contributed by atoms with van der Waals surface area (Å²) in [5, 5.41) is 5.93. The highest BCUT2D eigenvalue weighted by Crippen LogP contribution is 2.51. The highest BCUT2D eigenvalue weighted by molar-refractivity contribution is 8.02. The van der Waals surface area contributed by atoms with E-state index in [4.69, 9.17) is 14.2 Å². The summed E-state index contributed by atoms with van der Waals surface area (Å²) in [5.74, 6) is 4.96. The summed E-state index contributed by atoms with van der Waals surface area (Å²) < 4.78 is 15.8. The van der Waals surface area contributed by atoms with E-state index in [-0.39, 0.29) is 36.2 Å². The summed E-state index contributed by atoms with van der Waals surface area (Å²) in [6.07, 6.45) is 10.7. The molecule has 4 unspecified atom stereocenters. The molecule has 4 atom stereocenters. The zero-order valence-corrected chi connectivity index (χ0v) is 33.7. The van der Waals surface area contributed by atoms with Gasteiger partial charge in [-0.25, -0.2) is 19.8 Å². The van der Waals surface area contributed by atoms with Gasteiger partial charge in [-0.2, -0.15) is 23.5 Å².